The second-order valence-electron chi connectivity index (χ2n) is 5.16. The number of nitrogens with zero attached hydrogens (tertiary/aromatic N) is 3. The molecule has 0 unspecified atom stereocenters. The molecule has 1 aliphatic rings. The molecule has 1 rings (SSSR count). The van der Waals surface area contributed by atoms with Crippen LogP contribution in [0.1, 0.15) is 13.3 Å². The van der Waals surface area contributed by atoms with Crippen LogP contribution in [0.15, 0.2) is 0 Å². The number of likely N-dealkylation sites (N-methyl/N-ethyl adjacent to an activating group) is 1. The first-order valence-electron chi connectivity index (χ1n) is 6.99. The molecule has 0 aromatic heterocycles. The fraction of sp³-hybridized carbons (Fsp3) is 0.923. The van der Waals surface area contributed by atoms with Gasteiger partial charge in [0.2, 0.25) is 5.91 Å². The molecule has 18 heavy (non-hydrogen) atoms. The summed E-state index contributed by atoms with van der Waals surface area (Å²) in [6.45, 7) is 9.35. The lowest BCUT2D eigenvalue weighted by molar-refractivity contribution is -0.132. The molecule has 106 valence electrons. The predicted molar refractivity (Wildman–Crippen MR) is 74.7 cm³/mol. The molecule has 1 aliphatic heterocycles. The number of hydrogen-bond donors (Lipinski definition) is 1. The van der Waals surface area contributed by atoms with Crippen molar-refractivity contribution in [1.29, 1.82) is 0 Å². The average molecular weight is 256 g/mol. The summed E-state index contributed by atoms with van der Waals surface area (Å²) >= 11 is 0. The van der Waals surface area contributed by atoms with Gasteiger partial charge >= 0.3 is 0 Å². The Hall–Kier alpha value is -0.650. The monoisotopic (exact) mass is 256 g/mol. The van der Waals surface area contributed by atoms with Crippen LogP contribution in [0.4, 0.5) is 0 Å². The molecule has 0 atom stereocenters. The molecule has 1 amide bonds. The summed E-state index contributed by atoms with van der Waals surface area (Å²) in [5.41, 5.74) is 0. The zero-order valence-corrected chi connectivity index (χ0v) is 12.1. The molecule has 0 spiro atoms. The van der Waals surface area contributed by atoms with Gasteiger partial charge in [-0.25, -0.2) is 0 Å². The smallest absolute Gasteiger partial charge is 0.236 e. The Kier molecular flexibility index (Phi) is 7.23. The molecule has 1 N–H and O–H groups in total. The number of carbonyl (C=O) groups excluding carboxylic acids is 1. The molecule has 1 saturated heterocycles. The second-order valence-corrected chi connectivity index (χ2v) is 5.16. The van der Waals surface area contributed by atoms with E-state index in [0.717, 1.165) is 52.2 Å². The fourth-order valence-electron chi connectivity index (χ4n) is 2.20. The second kappa shape index (κ2) is 8.45. The van der Waals surface area contributed by atoms with Crippen molar-refractivity contribution in [2.24, 2.45) is 0 Å². The quantitative estimate of drug-likeness (QED) is 0.678. The van der Waals surface area contributed by atoms with E-state index in [2.05, 4.69) is 36.1 Å². The fourth-order valence-corrected chi connectivity index (χ4v) is 2.20. The first-order chi connectivity index (χ1) is 8.63. The first-order valence-corrected chi connectivity index (χ1v) is 6.99. The Morgan fingerprint density at radius 1 is 1.22 bits per heavy atom. The van der Waals surface area contributed by atoms with Gasteiger partial charge in [0.05, 0.1) is 6.54 Å². The minimum Gasteiger partial charge on any atom is -0.342 e. The van der Waals surface area contributed by atoms with Gasteiger partial charge in [0.15, 0.2) is 0 Å². The van der Waals surface area contributed by atoms with Crippen LogP contribution in [0.25, 0.3) is 0 Å². The zero-order valence-electron chi connectivity index (χ0n) is 12.1. The SMILES string of the molecule is CCN(CCCN(C)C)C(=O)CN1CCNCC1. The van der Waals surface area contributed by atoms with Crippen molar-refractivity contribution in [3.63, 3.8) is 0 Å². The Bertz CT molecular complexity index is 239. The van der Waals surface area contributed by atoms with E-state index < -0.39 is 0 Å². The molecule has 5 nitrogen and oxygen atoms in total. The van der Waals surface area contributed by atoms with Gasteiger partial charge in [0.25, 0.3) is 0 Å². The maximum atomic E-state index is 12.2. The van der Waals surface area contributed by atoms with Crippen molar-refractivity contribution < 1.29 is 4.79 Å². The molecular formula is C13H28N4O. The van der Waals surface area contributed by atoms with Crippen LogP contribution in [-0.2, 0) is 4.79 Å². The third kappa shape index (κ3) is 5.80. The van der Waals surface area contributed by atoms with Gasteiger partial charge in [-0.15, -0.1) is 0 Å². The highest BCUT2D eigenvalue weighted by Crippen LogP contribution is 1.98. The Labute approximate surface area is 111 Å². The van der Waals surface area contributed by atoms with Crippen LogP contribution in [0.3, 0.4) is 0 Å². The molecule has 0 saturated carbocycles. The van der Waals surface area contributed by atoms with Crippen molar-refractivity contribution in [1.82, 2.24) is 20.0 Å². The molecule has 0 aliphatic carbocycles. The number of amides is 1. The van der Waals surface area contributed by atoms with Crippen LogP contribution in [-0.4, -0.2) is 87.1 Å². The lowest BCUT2D eigenvalue weighted by atomic mass is 10.3. The number of nitrogens with one attached hydrogen (secondary N) is 1. The van der Waals surface area contributed by atoms with E-state index in [1.165, 1.54) is 0 Å². The number of carbonyl (C=O) groups is 1. The summed E-state index contributed by atoms with van der Waals surface area (Å²) < 4.78 is 0. The van der Waals surface area contributed by atoms with Crippen LogP contribution in [0.2, 0.25) is 0 Å². The minimum absolute atomic E-state index is 0.276. The lowest BCUT2D eigenvalue weighted by Crippen LogP contribution is -2.48. The summed E-state index contributed by atoms with van der Waals surface area (Å²) in [6.07, 6.45) is 1.05. The highest BCUT2D eigenvalue weighted by Gasteiger charge is 2.17. The highest BCUT2D eigenvalue weighted by molar-refractivity contribution is 5.78. The molecular weight excluding hydrogens is 228 g/mol. The van der Waals surface area contributed by atoms with Gasteiger partial charge in [-0.2, -0.15) is 0 Å². The van der Waals surface area contributed by atoms with E-state index in [0.29, 0.717) is 6.54 Å². The molecule has 0 bridgehead atoms. The van der Waals surface area contributed by atoms with Crippen molar-refractivity contribution in [2.45, 2.75) is 13.3 Å². The average Bonchev–Trinajstić information content (AvgIpc) is 2.35. The summed E-state index contributed by atoms with van der Waals surface area (Å²) in [5.74, 6) is 0.276. The highest BCUT2D eigenvalue weighted by atomic mass is 16.2. The van der Waals surface area contributed by atoms with E-state index in [4.69, 9.17) is 0 Å². The maximum Gasteiger partial charge on any atom is 0.236 e. The van der Waals surface area contributed by atoms with E-state index in [1.54, 1.807) is 0 Å². The van der Waals surface area contributed by atoms with Gasteiger partial charge in [0, 0.05) is 39.3 Å². The molecule has 0 aromatic carbocycles. The zero-order chi connectivity index (χ0) is 13.4. The summed E-state index contributed by atoms with van der Waals surface area (Å²) in [5, 5.41) is 3.31. The molecule has 1 fully saturated rings. The third-order valence-electron chi connectivity index (χ3n) is 3.34. The summed E-state index contributed by atoms with van der Waals surface area (Å²) in [6, 6.07) is 0. The largest absolute Gasteiger partial charge is 0.342 e. The first kappa shape index (κ1) is 15.4. The Morgan fingerprint density at radius 3 is 2.44 bits per heavy atom. The van der Waals surface area contributed by atoms with Crippen LogP contribution >= 0.6 is 0 Å². The van der Waals surface area contributed by atoms with Gasteiger partial charge in [-0.1, -0.05) is 0 Å². The van der Waals surface area contributed by atoms with E-state index in [-0.39, 0.29) is 5.91 Å². The standard InChI is InChI=1S/C13H28N4O/c1-4-17(9-5-8-15(2)3)13(18)12-16-10-6-14-7-11-16/h14H,4-12H2,1-3H3. The number of piperazine rings is 1. The van der Waals surface area contributed by atoms with Crippen molar-refractivity contribution >= 4 is 5.91 Å². The van der Waals surface area contributed by atoms with Gasteiger partial charge in [-0.3, -0.25) is 9.69 Å². The van der Waals surface area contributed by atoms with Gasteiger partial charge in [0.1, 0.15) is 0 Å². The summed E-state index contributed by atoms with van der Waals surface area (Å²) in [4.78, 5) is 18.6. The van der Waals surface area contributed by atoms with Crippen LogP contribution < -0.4 is 5.32 Å². The third-order valence-corrected chi connectivity index (χ3v) is 3.34. The van der Waals surface area contributed by atoms with Gasteiger partial charge < -0.3 is 15.1 Å². The van der Waals surface area contributed by atoms with E-state index in [9.17, 15) is 4.79 Å². The Morgan fingerprint density at radius 2 is 1.89 bits per heavy atom. The number of hydrogen-bond acceptors (Lipinski definition) is 4. The minimum atomic E-state index is 0.276. The van der Waals surface area contributed by atoms with E-state index in [1.807, 2.05) is 4.90 Å². The molecule has 1 heterocycles. The van der Waals surface area contributed by atoms with Crippen LogP contribution in [0.5, 0.6) is 0 Å². The van der Waals surface area contributed by atoms with Crippen molar-refractivity contribution in [3.05, 3.63) is 0 Å². The van der Waals surface area contributed by atoms with Gasteiger partial charge in [-0.05, 0) is 34.0 Å². The summed E-state index contributed by atoms with van der Waals surface area (Å²) in [7, 11) is 4.14. The van der Waals surface area contributed by atoms with E-state index >= 15 is 0 Å². The van der Waals surface area contributed by atoms with Crippen LogP contribution in [0, 0.1) is 0 Å². The maximum absolute atomic E-state index is 12.2. The lowest BCUT2D eigenvalue weighted by Gasteiger charge is -2.29. The topological polar surface area (TPSA) is 38.8 Å². The molecule has 5 heteroatoms. The van der Waals surface area contributed by atoms with Crippen molar-refractivity contribution in [2.75, 3.05) is 66.5 Å². The Balaban J connectivity index is 2.27. The normalized spacial score (nSPS) is 17.1. The van der Waals surface area contributed by atoms with Crippen molar-refractivity contribution in [3.8, 4) is 0 Å². The number of rotatable bonds is 7. The molecule has 0 aromatic rings. The molecule has 0 radical (unpaired) electrons. The predicted octanol–water partition coefficient (Wildman–Crippen LogP) is -0.308.